The Hall–Kier alpha value is -3.59. The molecule has 0 bridgehead atoms. The SMILES string of the molecule is CC1CO[P](O)(Cc2ccc(NC(=O)CCCc3oc(-n4cnc5ccccc54)nc3-c3ccc(Cl)cc3)cc2)OC1. The van der Waals surface area contributed by atoms with E-state index in [0.717, 1.165) is 22.2 Å². The van der Waals surface area contributed by atoms with Gasteiger partial charge in [0.15, 0.2) is 0 Å². The summed E-state index contributed by atoms with van der Waals surface area (Å²) in [4.78, 5) is 32.6. The third-order valence-corrected chi connectivity index (χ3v) is 9.13. The van der Waals surface area contributed by atoms with Gasteiger partial charge in [-0.1, -0.05) is 54.9 Å². The molecule has 6 rings (SSSR count). The Morgan fingerprint density at radius 1 is 1.07 bits per heavy atom. The van der Waals surface area contributed by atoms with Gasteiger partial charge in [0.1, 0.15) is 17.8 Å². The van der Waals surface area contributed by atoms with Crippen LogP contribution in [0.15, 0.2) is 83.5 Å². The van der Waals surface area contributed by atoms with E-state index in [1.807, 2.05) is 84.3 Å². The molecule has 5 aromatic rings. The topological polar surface area (TPSA) is 112 Å². The van der Waals surface area contributed by atoms with E-state index in [0.29, 0.717) is 66.8 Å². The van der Waals surface area contributed by atoms with Crippen molar-refractivity contribution in [1.82, 2.24) is 14.5 Å². The first kappa shape index (κ1) is 28.5. The Labute approximate surface area is 249 Å². The molecule has 0 atom stereocenters. The quantitative estimate of drug-likeness (QED) is 0.170. The third-order valence-electron chi connectivity index (χ3n) is 7.01. The highest BCUT2D eigenvalue weighted by atomic mass is 35.5. The van der Waals surface area contributed by atoms with Gasteiger partial charge in [-0.3, -0.25) is 9.36 Å². The predicted octanol–water partition coefficient (Wildman–Crippen LogP) is 7.23. The number of aromatic nitrogens is 3. The second-order valence-corrected chi connectivity index (χ2v) is 13.0. The highest BCUT2D eigenvalue weighted by molar-refractivity contribution is 7.59. The van der Waals surface area contributed by atoms with E-state index < -0.39 is 7.94 Å². The number of aryl methyl sites for hydroxylation is 1. The molecule has 1 aliphatic rings. The van der Waals surface area contributed by atoms with E-state index >= 15 is 0 Å². The number of carbonyl (C=O) groups is 1. The van der Waals surface area contributed by atoms with Crippen LogP contribution in [0, 0.1) is 5.92 Å². The lowest BCUT2D eigenvalue weighted by molar-refractivity contribution is -0.116. The number of para-hydroxylation sites is 2. The van der Waals surface area contributed by atoms with Crippen LogP contribution in [0.4, 0.5) is 5.69 Å². The fraction of sp³-hybridized carbons (Fsp3) is 0.258. The number of amides is 1. The van der Waals surface area contributed by atoms with Crippen LogP contribution in [0.2, 0.25) is 5.02 Å². The summed E-state index contributed by atoms with van der Waals surface area (Å²) in [7, 11) is -2.88. The van der Waals surface area contributed by atoms with Crippen LogP contribution < -0.4 is 5.32 Å². The Balaban J connectivity index is 1.10. The van der Waals surface area contributed by atoms with Crippen LogP contribution in [-0.2, 0) is 26.4 Å². The fourth-order valence-electron chi connectivity index (χ4n) is 4.78. The molecule has 217 valence electrons. The number of rotatable bonds is 9. The van der Waals surface area contributed by atoms with Crippen LogP contribution in [0.25, 0.3) is 28.3 Å². The average Bonchev–Trinajstić information content (AvgIpc) is 3.61. The van der Waals surface area contributed by atoms with Crippen molar-refractivity contribution in [3.05, 3.63) is 95.5 Å². The van der Waals surface area contributed by atoms with Gasteiger partial charge in [-0.05, 0) is 48.4 Å². The summed E-state index contributed by atoms with van der Waals surface area (Å²) >= 11 is 6.12. The van der Waals surface area contributed by atoms with E-state index in [4.69, 9.17) is 30.0 Å². The van der Waals surface area contributed by atoms with Crippen LogP contribution in [0.5, 0.6) is 0 Å². The zero-order valence-electron chi connectivity index (χ0n) is 23.1. The molecule has 0 saturated carbocycles. The summed E-state index contributed by atoms with van der Waals surface area (Å²) in [5.74, 6) is 0.857. The largest absolute Gasteiger partial charge is 0.427 e. The summed E-state index contributed by atoms with van der Waals surface area (Å²) in [6.45, 7) is 3.01. The Morgan fingerprint density at radius 2 is 1.81 bits per heavy atom. The van der Waals surface area contributed by atoms with E-state index in [1.54, 1.807) is 6.33 Å². The Kier molecular flexibility index (Phi) is 8.38. The van der Waals surface area contributed by atoms with Gasteiger partial charge in [0.25, 0.3) is 0 Å². The predicted molar refractivity (Wildman–Crippen MR) is 163 cm³/mol. The number of anilines is 1. The number of halogens is 1. The van der Waals surface area contributed by atoms with Crippen LogP contribution in [-0.4, -0.2) is 38.5 Å². The molecule has 0 unspecified atom stereocenters. The monoisotopic (exact) mass is 605 g/mol. The summed E-state index contributed by atoms with van der Waals surface area (Å²) < 4.78 is 19.3. The highest BCUT2D eigenvalue weighted by Gasteiger charge is 2.33. The molecule has 2 N–H and O–H groups in total. The second kappa shape index (κ2) is 12.3. The minimum Gasteiger partial charge on any atom is -0.427 e. The number of benzene rings is 3. The number of hydrogen-bond acceptors (Lipinski definition) is 7. The first-order valence-corrected chi connectivity index (χ1v) is 16.0. The molecule has 1 fully saturated rings. The van der Waals surface area contributed by atoms with Gasteiger partial charge in [-0.15, -0.1) is 0 Å². The summed E-state index contributed by atoms with van der Waals surface area (Å²) in [6, 6.07) is 23.0. The van der Waals surface area contributed by atoms with Gasteiger partial charge in [0, 0.05) is 35.0 Å². The first-order valence-electron chi connectivity index (χ1n) is 13.8. The van der Waals surface area contributed by atoms with Crippen molar-refractivity contribution in [3.63, 3.8) is 0 Å². The van der Waals surface area contributed by atoms with E-state index in [1.165, 1.54) is 0 Å². The lowest BCUT2D eigenvalue weighted by Crippen LogP contribution is -2.22. The first-order chi connectivity index (χ1) is 20.3. The van der Waals surface area contributed by atoms with Gasteiger partial charge < -0.3 is 23.7 Å². The second-order valence-electron chi connectivity index (χ2n) is 10.5. The molecule has 1 saturated heterocycles. The number of imidazole rings is 1. The Morgan fingerprint density at radius 3 is 2.57 bits per heavy atom. The van der Waals surface area contributed by atoms with Gasteiger partial charge in [-0.2, -0.15) is 4.98 Å². The maximum absolute atomic E-state index is 12.8. The fourth-order valence-corrected chi connectivity index (χ4v) is 6.81. The molecule has 1 aliphatic heterocycles. The smallest absolute Gasteiger partial charge is 0.308 e. The van der Waals surface area contributed by atoms with Gasteiger partial charge in [-0.25, -0.2) is 4.98 Å². The van der Waals surface area contributed by atoms with Crippen LogP contribution >= 0.6 is 19.5 Å². The standard InChI is InChI=1S/C31H31ClN4O5P/c1-21-17-39-42(38,40-18-21)19-22-9-15-25(16-10-22)34-29(37)8-4-7-28-30(23-11-13-24(32)14-12-23)35-31(41-28)36-20-33-26-5-2-3-6-27(26)36/h2-3,5-6,9-16,20-21,38H,4,7-8,17-19H2,1H3,(H,34,37). The van der Waals surface area contributed by atoms with Crippen molar-refractivity contribution in [3.8, 4) is 17.3 Å². The molecule has 0 aliphatic carbocycles. The van der Waals surface area contributed by atoms with Crippen LogP contribution in [0.3, 0.4) is 0 Å². The minimum atomic E-state index is -2.88. The zero-order valence-corrected chi connectivity index (χ0v) is 24.7. The van der Waals surface area contributed by atoms with Crippen molar-refractivity contribution in [2.75, 3.05) is 18.5 Å². The summed E-state index contributed by atoms with van der Waals surface area (Å²) in [5.41, 5.74) is 4.90. The molecule has 3 aromatic carbocycles. The zero-order chi connectivity index (χ0) is 29.1. The molecular formula is C31H31ClN4O5P. The number of hydrogen-bond donors (Lipinski definition) is 2. The van der Waals surface area contributed by atoms with Crippen molar-refractivity contribution in [1.29, 1.82) is 0 Å². The lowest BCUT2D eigenvalue weighted by Gasteiger charge is -2.35. The molecule has 2 aromatic heterocycles. The molecule has 1 amide bonds. The summed E-state index contributed by atoms with van der Waals surface area (Å²) in [5, 5.41) is 3.58. The number of oxazole rings is 1. The number of nitrogens with one attached hydrogen (secondary N) is 1. The van der Waals surface area contributed by atoms with Gasteiger partial charge in [0.2, 0.25) is 13.9 Å². The van der Waals surface area contributed by atoms with Gasteiger partial charge >= 0.3 is 6.01 Å². The molecule has 42 heavy (non-hydrogen) atoms. The van der Waals surface area contributed by atoms with Crippen molar-refractivity contribution < 1.29 is 23.2 Å². The number of nitrogens with zero attached hydrogens (tertiary/aromatic N) is 3. The normalized spacial score (nSPS) is 18.8. The molecule has 11 heteroatoms. The molecule has 9 nitrogen and oxygen atoms in total. The molecule has 1 radical (unpaired) electrons. The average molecular weight is 606 g/mol. The third kappa shape index (κ3) is 6.56. The summed E-state index contributed by atoms with van der Waals surface area (Å²) in [6.07, 6.45) is 3.40. The number of carbonyl (C=O) groups excluding carboxylic acids is 1. The molecule has 3 heterocycles. The molecular weight excluding hydrogens is 575 g/mol. The minimum absolute atomic E-state index is 0.102. The lowest BCUT2D eigenvalue weighted by atomic mass is 10.1. The Bertz CT molecular complexity index is 1680. The number of fused-ring (bicyclic) bond motifs is 1. The van der Waals surface area contributed by atoms with E-state index in [9.17, 15) is 9.69 Å². The van der Waals surface area contributed by atoms with Crippen LogP contribution in [0.1, 0.15) is 31.1 Å². The highest BCUT2D eigenvalue weighted by Crippen LogP contribution is 2.61. The van der Waals surface area contributed by atoms with Crippen molar-refractivity contribution in [2.45, 2.75) is 32.3 Å². The van der Waals surface area contributed by atoms with Crippen molar-refractivity contribution >= 4 is 42.2 Å². The van der Waals surface area contributed by atoms with E-state index in [2.05, 4.69) is 10.3 Å². The molecule has 0 spiro atoms. The van der Waals surface area contributed by atoms with E-state index in [-0.39, 0.29) is 11.8 Å². The van der Waals surface area contributed by atoms with Gasteiger partial charge in [0.05, 0.1) is 30.4 Å². The maximum atomic E-state index is 12.8. The maximum Gasteiger partial charge on any atom is 0.308 e. The van der Waals surface area contributed by atoms with Crippen molar-refractivity contribution in [2.24, 2.45) is 5.92 Å².